The molecule has 1 saturated heterocycles. The number of nitro groups is 1. The summed E-state index contributed by atoms with van der Waals surface area (Å²) in [5, 5.41) is 13.6. The number of hydrogen-bond donors (Lipinski definition) is 0. The van der Waals surface area contributed by atoms with Crippen LogP contribution in [0.5, 0.6) is 0 Å². The van der Waals surface area contributed by atoms with Gasteiger partial charge in [-0.3, -0.25) is 10.1 Å². The van der Waals surface area contributed by atoms with Crippen molar-refractivity contribution < 1.29 is 13.3 Å². The lowest BCUT2D eigenvalue weighted by Gasteiger charge is -2.30. The van der Waals surface area contributed by atoms with E-state index < -0.39 is 14.9 Å². The minimum absolute atomic E-state index is 0.0171. The van der Waals surface area contributed by atoms with Gasteiger partial charge in [-0.1, -0.05) is 13.0 Å². The van der Waals surface area contributed by atoms with Gasteiger partial charge in [0.25, 0.3) is 5.69 Å². The molecule has 27 heavy (non-hydrogen) atoms. The van der Waals surface area contributed by atoms with Gasteiger partial charge in [-0.2, -0.15) is 4.31 Å². The maximum Gasteiger partial charge on any atom is 0.293 e. The van der Waals surface area contributed by atoms with Crippen LogP contribution in [0.1, 0.15) is 24.6 Å². The van der Waals surface area contributed by atoms with Gasteiger partial charge in [-0.25, -0.2) is 8.42 Å². The third-order valence-electron chi connectivity index (χ3n) is 4.79. The smallest absolute Gasteiger partial charge is 0.293 e. The fourth-order valence-electron chi connectivity index (χ4n) is 3.37. The van der Waals surface area contributed by atoms with Crippen molar-refractivity contribution >= 4 is 32.7 Å². The lowest BCUT2D eigenvalue weighted by atomic mass is 10.0. The maximum atomic E-state index is 12.9. The monoisotopic (exact) mass is 409 g/mol. The molecular formula is C18H23N3O4S2. The van der Waals surface area contributed by atoms with Crippen LogP contribution in [0.4, 0.5) is 11.4 Å². The predicted molar refractivity (Wildman–Crippen MR) is 107 cm³/mol. The van der Waals surface area contributed by atoms with Crippen LogP contribution in [0.2, 0.25) is 0 Å². The van der Waals surface area contributed by atoms with Crippen LogP contribution in [-0.4, -0.2) is 37.8 Å². The summed E-state index contributed by atoms with van der Waals surface area (Å²) in [6, 6.07) is 8.09. The number of anilines is 1. The second-order valence-electron chi connectivity index (χ2n) is 6.95. The molecule has 0 N–H and O–H groups in total. The number of rotatable bonds is 6. The lowest BCUT2D eigenvalue weighted by molar-refractivity contribution is -0.384. The molecule has 9 heteroatoms. The molecule has 1 aliphatic rings. The van der Waals surface area contributed by atoms with E-state index in [0.717, 1.165) is 17.7 Å². The van der Waals surface area contributed by atoms with Crippen LogP contribution < -0.4 is 4.90 Å². The highest BCUT2D eigenvalue weighted by Crippen LogP contribution is 2.33. The minimum atomic E-state index is -3.73. The van der Waals surface area contributed by atoms with E-state index in [-0.39, 0.29) is 10.6 Å². The van der Waals surface area contributed by atoms with Gasteiger partial charge >= 0.3 is 0 Å². The Morgan fingerprint density at radius 2 is 2.15 bits per heavy atom. The predicted octanol–water partition coefficient (Wildman–Crippen LogP) is 3.71. The molecule has 2 aromatic rings. The summed E-state index contributed by atoms with van der Waals surface area (Å²) in [7, 11) is -1.96. The molecule has 0 saturated carbocycles. The first-order valence-corrected chi connectivity index (χ1v) is 11.1. The van der Waals surface area contributed by atoms with E-state index in [9.17, 15) is 18.5 Å². The zero-order valence-corrected chi connectivity index (χ0v) is 17.0. The summed E-state index contributed by atoms with van der Waals surface area (Å²) in [6.45, 7) is 3.46. The molecule has 1 aromatic carbocycles. The molecule has 7 nitrogen and oxygen atoms in total. The first-order valence-electron chi connectivity index (χ1n) is 8.81. The van der Waals surface area contributed by atoms with E-state index in [4.69, 9.17) is 0 Å². The second kappa shape index (κ2) is 7.95. The fourth-order valence-corrected chi connectivity index (χ4v) is 5.74. The van der Waals surface area contributed by atoms with Gasteiger partial charge in [0.1, 0.15) is 5.69 Å². The molecule has 0 radical (unpaired) electrons. The molecule has 0 amide bonds. The molecule has 0 bridgehead atoms. The van der Waals surface area contributed by atoms with E-state index in [1.807, 2.05) is 24.4 Å². The number of nitrogens with zero attached hydrogens (tertiary/aromatic N) is 3. The zero-order chi connectivity index (χ0) is 19.6. The second-order valence-corrected chi connectivity index (χ2v) is 9.92. The Balaban J connectivity index is 1.92. The number of nitro benzene ring substituents is 1. The molecule has 1 atom stereocenters. The van der Waals surface area contributed by atoms with Gasteiger partial charge < -0.3 is 4.90 Å². The Morgan fingerprint density at radius 3 is 2.78 bits per heavy atom. The van der Waals surface area contributed by atoms with Crippen molar-refractivity contribution in [3.05, 3.63) is 50.7 Å². The van der Waals surface area contributed by atoms with Gasteiger partial charge in [-0.15, -0.1) is 11.3 Å². The molecule has 0 aliphatic carbocycles. The molecule has 2 heterocycles. The summed E-state index contributed by atoms with van der Waals surface area (Å²) in [6.07, 6.45) is 1.81. The van der Waals surface area contributed by atoms with Gasteiger partial charge in [0.15, 0.2) is 0 Å². The Labute approximate surface area is 163 Å². The summed E-state index contributed by atoms with van der Waals surface area (Å²) in [5.41, 5.74) is 0.208. The summed E-state index contributed by atoms with van der Waals surface area (Å²) < 4.78 is 27.3. The summed E-state index contributed by atoms with van der Waals surface area (Å²) in [4.78, 5) is 13.9. The molecule has 1 fully saturated rings. The Bertz CT molecular complexity index is 913. The molecule has 0 unspecified atom stereocenters. The van der Waals surface area contributed by atoms with Gasteiger partial charge in [-0.05, 0) is 42.3 Å². The van der Waals surface area contributed by atoms with E-state index in [1.165, 1.54) is 22.5 Å². The molecule has 1 aliphatic heterocycles. The van der Waals surface area contributed by atoms with Crippen molar-refractivity contribution in [1.82, 2.24) is 4.31 Å². The van der Waals surface area contributed by atoms with Crippen LogP contribution >= 0.6 is 11.3 Å². The van der Waals surface area contributed by atoms with Crippen LogP contribution in [0, 0.1) is 16.0 Å². The molecule has 3 rings (SSSR count). The van der Waals surface area contributed by atoms with E-state index >= 15 is 0 Å². The summed E-state index contributed by atoms with van der Waals surface area (Å²) in [5.74, 6) is 0.291. The topological polar surface area (TPSA) is 83.8 Å². The van der Waals surface area contributed by atoms with Crippen molar-refractivity contribution in [1.29, 1.82) is 0 Å². The van der Waals surface area contributed by atoms with E-state index in [1.54, 1.807) is 23.3 Å². The number of piperidine rings is 1. The Kier molecular flexibility index (Phi) is 5.83. The minimum Gasteiger partial charge on any atom is -0.364 e. The maximum absolute atomic E-state index is 12.9. The fraction of sp³-hybridized carbons (Fsp3) is 0.444. The van der Waals surface area contributed by atoms with Crippen molar-refractivity contribution in [2.24, 2.45) is 5.92 Å². The van der Waals surface area contributed by atoms with Crippen molar-refractivity contribution in [2.75, 3.05) is 25.0 Å². The number of benzene rings is 1. The third kappa shape index (κ3) is 4.31. The van der Waals surface area contributed by atoms with Crippen LogP contribution in [0.3, 0.4) is 0 Å². The lowest BCUT2D eigenvalue weighted by Crippen LogP contribution is -2.39. The highest BCUT2D eigenvalue weighted by atomic mass is 32.2. The molecular weight excluding hydrogens is 386 g/mol. The highest BCUT2D eigenvalue weighted by molar-refractivity contribution is 7.89. The Morgan fingerprint density at radius 1 is 1.37 bits per heavy atom. The number of hydrogen-bond acceptors (Lipinski definition) is 6. The van der Waals surface area contributed by atoms with E-state index in [2.05, 4.69) is 0 Å². The first-order chi connectivity index (χ1) is 12.8. The van der Waals surface area contributed by atoms with Crippen LogP contribution in [-0.2, 0) is 16.6 Å². The number of sulfonamides is 1. The average molecular weight is 410 g/mol. The molecule has 146 valence electrons. The van der Waals surface area contributed by atoms with Gasteiger partial charge in [0, 0.05) is 31.1 Å². The van der Waals surface area contributed by atoms with Gasteiger partial charge in [0.2, 0.25) is 10.0 Å². The van der Waals surface area contributed by atoms with Crippen molar-refractivity contribution in [3.63, 3.8) is 0 Å². The molecule has 0 spiro atoms. The standard InChI is InChI=1S/C18H23N3O4S2/c1-14-5-3-9-20(12-14)27(24,25)16-7-8-17(18(11-16)21(22)23)19(2)13-15-6-4-10-26-15/h4,6-8,10-11,14H,3,5,9,12-13H2,1-2H3/t14-/m1/s1. The largest absolute Gasteiger partial charge is 0.364 e. The quantitative estimate of drug-likeness (QED) is 0.536. The highest BCUT2D eigenvalue weighted by Gasteiger charge is 2.31. The van der Waals surface area contributed by atoms with Crippen LogP contribution in [0.25, 0.3) is 0 Å². The normalized spacial score (nSPS) is 18.4. The van der Waals surface area contributed by atoms with Crippen molar-refractivity contribution in [3.8, 4) is 0 Å². The van der Waals surface area contributed by atoms with Crippen molar-refractivity contribution in [2.45, 2.75) is 31.2 Å². The zero-order valence-electron chi connectivity index (χ0n) is 15.4. The Hall–Kier alpha value is -1.97. The SMILES string of the molecule is C[C@@H]1CCCN(S(=O)(=O)c2ccc(N(C)Cc3cccs3)c([N+](=O)[O-])c2)C1. The average Bonchev–Trinajstić information content (AvgIpc) is 3.14. The van der Waals surface area contributed by atoms with Gasteiger partial charge in [0.05, 0.1) is 16.4 Å². The van der Waals surface area contributed by atoms with E-state index in [0.29, 0.717) is 31.2 Å². The van der Waals surface area contributed by atoms with Crippen LogP contribution in [0.15, 0.2) is 40.6 Å². The summed E-state index contributed by atoms with van der Waals surface area (Å²) >= 11 is 1.57. The molecule has 1 aromatic heterocycles. The number of thiophene rings is 1. The third-order valence-corrected chi connectivity index (χ3v) is 7.51. The first kappa shape index (κ1) is 19.8.